The highest BCUT2D eigenvalue weighted by Crippen LogP contribution is 2.54. The van der Waals surface area contributed by atoms with Gasteiger partial charge in [-0.2, -0.15) is 5.26 Å². The molecule has 0 saturated heterocycles. The highest BCUT2D eigenvalue weighted by Gasteiger charge is 2.61. The van der Waals surface area contributed by atoms with Crippen molar-refractivity contribution in [3.05, 3.63) is 69.1 Å². The number of carboxylic acid groups (broad SMARTS) is 1. The van der Waals surface area contributed by atoms with E-state index in [0.717, 1.165) is 4.90 Å². The molecule has 0 fully saturated rings. The van der Waals surface area contributed by atoms with E-state index in [1.165, 1.54) is 13.0 Å². The van der Waals surface area contributed by atoms with E-state index in [0.29, 0.717) is 0 Å². The summed E-state index contributed by atoms with van der Waals surface area (Å²) in [7, 11) is 0. The predicted octanol–water partition coefficient (Wildman–Crippen LogP) is 0.752. The van der Waals surface area contributed by atoms with Crippen LogP contribution in [-0.2, 0) is 15.0 Å². The van der Waals surface area contributed by atoms with Gasteiger partial charge < -0.3 is 20.0 Å². The smallest absolute Gasteiger partial charge is 0.344 e. The molecule has 0 aliphatic carbocycles. The molecule has 1 spiro atoms. The number of aryl methyl sites for hydroxylation is 1. The third-order valence-electron chi connectivity index (χ3n) is 4.82. The van der Waals surface area contributed by atoms with Crippen LogP contribution in [0.3, 0.4) is 0 Å². The Morgan fingerprint density at radius 3 is 2.75 bits per heavy atom. The van der Waals surface area contributed by atoms with Gasteiger partial charge in [0.05, 0.1) is 0 Å². The average molecular weight is 379 g/mol. The van der Waals surface area contributed by atoms with Crippen molar-refractivity contribution >= 4 is 17.6 Å². The number of carboxylic acids is 1. The summed E-state index contributed by atoms with van der Waals surface area (Å²) in [6.45, 7) is 0.877. The number of para-hydroxylation sites is 1. The molecule has 1 amide bonds. The first-order chi connectivity index (χ1) is 13.3. The van der Waals surface area contributed by atoms with E-state index in [-0.39, 0.29) is 39.8 Å². The van der Waals surface area contributed by atoms with Gasteiger partial charge in [0.15, 0.2) is 5.41 Å². The van der Waals surface area contributed by atoms with Gasteiger partial charge in [-0.1, -0.05) is 18.2 Å². The number of aliphatic carboxylic acids is 1. The molecule has 4 rings (SSSR count). The lowest BCUT2D eigenvalue weighted by Gasteiger charge is -2.33. The molecule has 28 heavy (non-hydrogen) atoms. The van der Waals surface area contributed by atoms with Crippen molar-refractivity contribution in [1.29, 1.82) is 5.26 Å². The van der Waals surface area contributed by atoms with E-state index in [9.17, 15) is 24.8 Å². The fourth-order valence-corrected chi connectivity index (χ4v) is 3.85. The lowest BCUT2D eigenvalue weighted by molar-refractivity contribution is -0.136. The van der Waals surface area contributed by atoms with Crippen LogP contribution in [0.4, 0.5) is 5.69 Å². The summed E-state index contributed by atoms with van der Waals surface area (Å²) in [5, 5.41) is 19.0. The second kappa shape index (κ2) is 5.72. The fourth-order valence-electron chi connectivity index (χ4n) is 3.85. The van der Waals surface area contributed by atoms with Crippen molar-refractivity contribution < 1.29 is 23.8 Å². The van der Waals surface area contributed by atoms with Crippen molar-refractivity contribution in [1.82, 2.24) is 0 Å². The quantitative estimate of drug-likeness (QED) is 0.777. The summed E-state index contributed by atoms with van der Waals surface area (Å²) in [6.07, 6.45) is 0. The molecule has 2 aliphatic rings. The zero-order valence-corrected chi connectivity index (χ0v) is 14.6. The Morgan fingerprint density at radius 2 is 2.07 bits per heavy atom. The Hall–Kier alpha value is -4.06. The normalized spacial score (nSPS) is 19.9. The number of fused-ring (bicyclic) bond motifs is 4. The van der Waals surface area contributed by atoms with Crippen LogP contribution in [0.1, 0.15) is 16.9 Å². The fraction of sp³-hybridized carbons (Fsp3) is 0.158. The maximum Gasteiger partial charge on any atom is 0.344 e. The first kappa shape index (κ1) is 17.4. The second-order valence-electron chi connectivity index (χ2n) is 6.39. The number of hydrogen-bond donors (Lipinski definition) is 2. The van der Waals surface area contributed by atoms with Gasteiger partial charge in [-0.25, -0.2) is 4.79 Å². The van der Waals surface area contributed by atoms with Crippen LogP contribution in [0.5, 0.6) is 5.75 Å². The molecule has 0 saturated carbocycles. The van der Waals surface area contributed by atoms with Crippen molar-refractivity contribution in [2.45, 2.75) is 12.3 Å². The second-order valence-corrected chi connectivity index (χ2v) is 6.39. The SMILES string of the molecule is Cc1cc2c(c(=O)o1)[C@]1(C(=O)N(CC(=O)O)c3ccccc31)C(C#N)=C(N)O2. The first-order valence-electron chi connectivity index (χ1n) is 8.19. The van der Waals surface area contributed by atoms with Crippen LogP contribution in [0.2, 0.25) is 0 Å². The molecule has 1 atom stereocenters. The van der Waals surface area contributed by atoms with Crippen molar-refractivity contribution in [3.8, 4) is 11.8 Å². The third-order valence-corrected chi connectivity index (χ3v) is 4.82. The number of anilines is 1. The number of rotatable bonds is 2. The van der Waals surface area contributed by atoms with Gasteiger partial charge in [0, 0.05) is 17.3 Å². The zero-order chi connectivity index (χ0) is 20.2. The monoisotopic (exact) mass is 379 g/mol. The van der Waals surface area contributed by atoms with E-state index in [1.54, 1.807) is 24.3 Å². The molecule has 2 aromatic rings. The number of nitriles is 1. The summed E-state index contributed by atoms with van der Waals surface area (Å²) in [4.78, 5) is 38.7. The Labute approximate surface area is 157 Å². The minimum absolute atomic E-state index is 0.00872. The van der Waals surface area contributed by atoms with Gasteiger partial charge in [0.1, 0.15) is 35.3 Å². The standard InChI is InChI=1S/C19H13N3O6/c1-9-6-13-15(17(25)27-9)19(11(7-20)16(21)28-13)10-4-2-3-5-12(10)22(18(19)26)8-14(23)24/h2-6H,8,21H2,1H3,(H,23,24)/t19-/m1/s1. The van der Waals surface area contributed by atoms with Gasteiger partial charge in [0.25, 0.3) is 0 Å². The number of nitrogens with zero attached hydrogens (tertiary/aromatic N) is 2. The number of carbonyl (C=O) groups is 2. The van der Waals surface area contributed by atoms with E-state index >= 15 is 0 Å². The van der Waals surface area contributed by atoms with Crippen LogP contribution < -0.4 is 21.0 Å². The first-order valence-corrected chi connectivity index (χ1v) is 8.19. The largest absolute Gasteiger partial charge is 0.480 e. The maximum absolute atomic E-state index is 13.6. The highest BCUT2D eigenvalue weighted by atomic mass is 16.5. The molecular weight excluding hydrogens is 366 g/mol. The molecule has 0 bridgehead atoms. The molecular formula is C19H13N3O6. The maximum atomic E-state index is 13.6. The van der Waals surface area contributed by atoms with Crippen LogP contribution in [0.25, 0.3) is 0 Å². The molecule has 140 valence electrons. The lowest BCUT2D eigenvalue weighted by atomic mass is 9.69. The third kappa shape index (κ3) is 2.02. The van der Waals surface area contributed by atoms with Crippen molar-refractivity contribution in [3.63, 3.8) is 0 Å². The van der Waals surface area contributed by atoms with Crippen molar-refractivity contribution in [2.24, 2.45) is 5.73 Å². The topological polar surface area (TPSA) is 147 Å². The molecule has 3 heterocycles. The van der Waals surface area contributed by atoms with E-state index in [4.69, 9.17) is 14.9 Å². The number of carbonyl (C=O) groups excluding carboxylic acids is 1. The van der Waals surface area contributed by atoms with Gasteiger partial charge in [-0.05, 0) is 13.0 Å². The van der Waals surface area contributed by atoms with Crippen molar-refractivity contribution in [2.75, 3.05) is 11.4 Å². The van der Waals surface area contributed by atoms with Gasteiger partial charge in [-0.15, -0.1) is 0 Å². The van der Waals surface area contributed by atoms with Gasteiger partial charge in [0.2, 0.25) is 11.8 Å². The lowest BCUT2D eigenvalue weighted by Crippen LogP contribution is -2.49. The Balaban J connectivity index is 2.17. The highest BCUT2D eigenvalue weighted by molar-refractivity contribution is 6.15. The summed E-state index contributed by atoms with van der Waals surface area (Å²) >= 11 is 0. The summed E-state index contributed by atoms with van der Waals surface area (Å²) in [5.41, 5.74) is 3.18. The molecule has 0 radical (unpaired) electrons. The predicted molar refractivity (Wildman–Crippen MR) is 94.4 cm³/mol. The molecule has 1 aromatic carbocycles. The number of amides is 1. The van der Waals surface area contributed by atoms with Gasteiger partial charge >= 0.3 is 11.6 Å². The Kier molecular flexibility index (Phi) is 3.55. The minimum atomic E-state index is -1.94. The van der Waals surface area contributed by atoms with Crippen LogP contribution in [0.15, 0.2) is 51.0 Å². The summed E-state index contributed by atoms with van der Waals surface area (Å²) < 4.78 is 10.6. The van der Waals surface area contributed by atoms with Crippen LogP contribution in [0, 0.1) is 18.3 Å². The number of hydrogen-bond acceptors (Lipinski definition) is 7. The molecule has 9 heteroatoms. The molecule has 3 N–H and O–H groups in total. The number of benzene rings is 1. The van der Waals surface area contributed by atoms with E-state index < -0.39 is 29.5 Å². The van der Waals surface area contributed by atoms with Crippen LogP contribution >= 0.6 is 0 Å². The summed E-state index contributed by atoms with van der Waals surface area (Å²) in [5.74, 6) is -2.14. The average Bonchev–Trinajstić information content (AvgIpc) is 2.85. The molecule has 1 aromatic heterocycles. The Morgan fingerprint density at radius 1 is 1.36 bits per heavy atom. The molecule has 9 nitrogen and oxygen atoms in total. The van der Waals surface area contributed by atoms with Crippen LogP contribution in [-0.4, -0.2) is 23.5 Å². The number of nitrogens with two attached hydrogens (primary N) is 1. The minimum Gasteiger partial charge on any atom is -0.480 e. The van der Waals surface area contributed by atoms with E-state index in [1.807, 2.05) is 6.07 Å². The molecule has 2 aliphatic heterocycles. The van der Waals surface area contributed by atoms with E-state index in [2.05, 4.69) is 0 Å². The Bertz CT molecular complexity index is 1190. The molecule has 0 unspecified atom stereocenters. The van der Waals surface area contributed by atoms with Gasteiger partial charge in [-0.3, -0.25) is 14.5 Å². The number of ether oxygens (including phenoxy) is 1. The zero-order valence-electron chi connectivity index (χ0n) is 14.6. The summed E-state index contributed by atoms with van der Waals surface area (Å²) in [6, 6.07) is 9.60.